The van der Waals surface area contributed by atoms with Crippen molar-refractivity contribution in [1.29, 1.82) is 0 Å². The van der Waals surface area contributed by atoms with Crippen molar-refractivity contribution in [1.82, 2.24) is 9.78 Å². The van der Waals surface area contributed by atoms with Gasteiger partial charge >= 0.3 is 0 Å². The molecule has 1 rings (SSSR count). The van der Waals surface area contributed by atoms with Crippen molar-refractivity contribution in [3.63, 3.8) is 0 Å². The Morgan fingerprint density at radius 2 is 2.21 bits per heavy atom. The van der Waals surface area contributed by atoms with E-state index in [4.69, 9.17) is 11.6 Å². The molecule has 0 fully saturated rings. The van der Waals surface area contributed by atoms with Crippen LogP contribution in [0.1, 0.15) is 31.7 Å². The van der Waals surface area contributed by atoms with Crippen molar-refractivity contribution in [2.24, 2.45) is 0 Å². The summed E-state index contributed by atoms with van der Waals surface area (Å²) in [5.74, 6) is 0. The van der Waals surface area contributed by atoms with Crippen LogP contribution in [0.5, 0.6) is 0 Å². The number of halogens is 1. The fourth-order valence-corrected chi connectivity index (χ4v) is 1.86. The second-order valence-corrected chi connectivity index (χ2v) is 3.58. The highest BCUT2D eigenvalue weighted by molar-refractivity contribution is 6.31. The van der Waals surface area contributed by atoms with E-state index in [1.54, 1.807) is 0 Å². The van der Waals surface area contributed by atoms with Crippen LogP contribution >= 0.6 is 11.6 Å². The van der Waals surface area contributed by atoms with Gasteiger partial charge in [0, 0.05) is 6.54 Å². The monoisotopic (exact) mass is 212 g/mol. The van der Waals surface area contributed by atoms with Crippen LogP contribution in [0, 0.1) is 0 Å². The van der Waals surface area contributed by atoms with Gasteiger partial charge in [0.2, 0.25) is 0 Å². The van der Waals surface area contributed by atoms with Crippen LogP contribution in [0.3, 0.4) is 0 Å². The summed E-state index contributed by atoms with van der Waals surface area (Å²) >= 11 is 6.23. The Hall–Kier alpha value is -0.760. The van der Waals surface area contributed by atoms with Crippen molar-refractivity contribution in [2.45, 2.75) is 39.7 Å². The fraction of sp³-hybridized carbons (Fsp3) is 0.545. The topological polar surface area (TPSA) is 17.8 Å². The molecule has 3 heteroatoms. The first-order valence-corrected chi connectivity index (χ1v) is 5.47. The zero-order valence-corrected chi connectivity index (χ0v) is 9.64. The minimum atomic E-state index is 0.844. The molecule has 0 unspecified atom stereocenters. The van der Waals surface area contributed by atoms with E-state index in [2.05, 4.69) is 25.5 Å². The molecule has 0 saturated heterocycles. The third-order valence-electron chi connectivity index (χ3n) is 2.28. The zero-order chi connectivity index (χ0) is 10.6. The van der Waals surface area contributed by atoms with E-state index < -0.39 is 0 Å². The van der Waals surface area contributed by atoms with E-state index in [-0.39, 0.29) is 0 Å². The van der Waals surface area contributed by atoms with Gasteiger partial charge in [-0.3, -0.25) is 4.68 Å². The standard InChI is InChI=1S/C11H17ClN2/c1-4-7-8-10-11(12)9(5-2)13-14(10)6-3/h4H,1,5-8H2,2-3H3. The number of aryl methyl sites for hydroxylation is 2. The van der Waals surface area contributed by atoms with Crippen LogP contribution in [0.15, 0.2) is 12.7 Å². The number of nitrogens with zero attached hydrogens (tertiary/aromatic N) is 2. The van der Waals surface area contributed by atoms with Gasteiger partial charge in [0.05, 0.1) is 16.4 Å². The maximum atomic E-state index is 6.23. The van der Waals surface area contributed by atoms with Gasteiger partial charge in [-0.15, -0.1) is 6.58 Å². The Balaban J connectivity index is 2.97. The Morgan fingerprint density at radius 3 is 2.71 bits per heavy atom. The highest BCUT2D eigenvalue weighted by Gasteiger charge is 2.12. The van der Waals surface area contributed by atoms with E-state index in [0.717, 1.165) is 42.2 Å². The Bertz CT molecular complexity index is 315. The molecule has 0 aliphatic carbocycles. The van der Waals surface area contributed by atoms with Gasteiger partial charge in [-0.1, -0.05) is 24.6 Å². The summed E-state index contributed by atoms with van der Waals surface area (Å²) in [4.78, 5) is 0. The van der Waals surface area contributed by atoms with Gasteiger partial charge in [0.15, 0.2) is 0 Å². The molecule has 0 aliphatic heterocycles. The number of allylic oxidation sites excluding steroid dienone is 1. The normalized spacial score (nSPS) is 10.5. The van der Waals surface area contributed by atoms with E-state index in [9.17, 15) is 0 Å². The molecule has 0 aromatic carbocycles. The first kappa shape index (κ1) is 11.3. The first-order chi connectivity index (χ1) is 6.74. The Kier molecular flexibility index (Phi) is 4.21. The third-order valence-corrected chi connectivity index (χ3v) is 2.72. The molecule has 1 heterocycles. The molecular weight excluding hydrogens is 196 g/mol. The summed E-state index contributed by atoms with van der Waals surface area (Å²) in [6.45, 7) is 8.75. The van der Waals surface area contributed by atoms with E-state index >= 15 is 0 Å². The summed E-state index contributed by atoms with van der Waals surface area (Å²) in [5.41, 5.74) is 2.15. The molecule has 0 N–H and O–H groups in total. The maximum absolute atomic E-state index is 6.23. The van der Waals surface area contributed by atoms with E-state index in [1.807, 2.05) is 10.8 Å². The molecule has 1 aromatic heterocycles. The predicted octanol–water partition coefficient (Wildman–Crippen LogP) is 3.24. The van der Waals surface area contributed by atoms with Gasteiger partial charge in [-0.25, -0.2) is 0 Å². The molecule has 2 nitrogen and oxygen atoms in total. The van der Waals surface area contributed by atoms with Crippen LogP contribution in [0.25, 0.3) is 0 Å². The van der Waals surface area contributed by atoms with Gasteiger partial charge in [0.1, 0.15) is 0 Å². The summed E-state index contributed by atoms with van der Waals surface area (Å²) in [6, 6.07) is 0. The minimum absolute atomic E-state index is 0.844. The number of rotatable bonds is 5. The maximum Gasteiger partial charge on any atom is 0.0849 e. The fourth-order valence-electron chi connectivity index (χ4n) is 1.49. The quantitative estimate of drug-likeness (QED) is 0.686. The third kappa shape index (κ3) is 2.18. The molecule has 0 bridgehead atoms. The summed E-state index contributed by atoms with van der Waals surface area (Å²) < 4.78 is 1.99. The lowest BCUT2D eigenvalue weighted by atomic mass is 10.2. The Morgan fingerprint density at radius 1 is 1.50 bits per heavy atom. The summed E-state index contributed by atoms with van der Waals surface area (Å²) in [7, 11) is 0. The molecule has 0 amide bonds. The largest absolute Gasteiger partial charge is 0.268 e. The molecule has 0 radical (unpaired) electrons. The average Bonchev–Trinajstić information content (AvgIpc) is 2.52. The molecule has 0 saturated carbocycles. The predicted molar refractivity (Wildman–Crippen MR) is 60.8 cm³/mol. The average molecular weight is 213 g/mol. The highest BCUT2D eigenvalue weighted by Crippen LogP contribution is 2.22. The van der Waals surface area contributed by atoms with E-state index in [1.165, 1.54) is 0 Å². The molecule has 0 spiro atoms. The van der Waals surface area contributed by atoms with Crippen molar-refractivity contribution in [3.05, 3.63) is 29.1 Å². The van der Waals surface area contributed by atoms with Crippen LogP contribution in [0.4, 0.5) is 0 Å². The number of hydrogen-bond acceptors (Lipinski definition) is 1. The molecule has 14 heavy (non-hydrogen) atoms. The second kappa shape index (κ2) is 5.20. The Labute approximate surface area is 90.6 Å². The lowest BCUT2D eigenvalue weighted by molar-refractivity contribution is 0.612. The van der Waals surface area contributed by atoms with Crippen molar-refractivity contribution in [2.75, 3.05) is 0 Å². The molecule has 78 valence electrons. The van der Waals surface area contributed by atoms with Gasteiger partial charge in [-0.2, -0.15) is 5.10 Å². The molecule has 0 atom stereocenters. The smallest absolute Gasteiger partial charge is 0.0849 e. The van der Waals surface area contributed by atoms with Gasteiger partial charge in [0.25, 0.3) is 0 Å². The first-order valence-electron chi connectivity index (χ1n) is 5.09. The van der Waals surface area contributed by atoms with Crippen molar-refractivity contribution < 1.29 is 0 Å². The van der Waals surface area contributed by atoms with Gasteiger partial charge < -0.3 is 0 Å². The van der Waals surface area contributed by atoms with Gasteiger partial charge in [-0.05, 0) is 26.2 Å². The molecule has 0 aliphatic rings. The lowest BCUT2D eigenvalue weighted by Crippen LogP contribution is -2.02. The van der Waals surface area contributed by atoms with Crippen LogP contribution < -0.4 is 0 Å². The highest BCUT2D eigenvalue weighted by atomic mass is 35.5. The van der Waals surface area contributed by atoms with Crippen LogP contribution in [-0.2, 0) is 19.4 Å². The SMILES string of the molecule is C=CCCc1c(Cl)c(CC)nn1CC. The molecular formula is C11H17ClN2. The lowest BCUT2D eigenvalue weighted by Gasteiger charge is -2.02. The van der Waals surface area contributed by atoms with Crippen molar-refractivity contribution >= 4 is 11.6 Å². The molecule has 1 aromatic rings. The zero-order valence-electron chi connectivity index (χ0n) is 8.89. The van der Waals surface area contributed by atoms with Crippen LogP contribution in [-0.4, -0.2) is 9.78 Å². The minimum Gasteiger partial charge on any atom is -0.268 e. The summed E-state index contributed by atoms with van der Waals surface area (Å²) in [6.07, 6.45) is 4.69. The number of hydrogen-bond donors (Lipinski definition) is 0. The van der Waals surface area contributed by atoms with Crippen LogP contribution in [0.2, 0.25) is 5.02 Å². The van der Waals surface area contributed by atoms with E-state index in [0.29, 0.717) is 0 Å². The number of aromatic nitrogens is 2. The van der Waals surface area contributed by atoms with Crippen molar-refractivity contribution in [3.8, 4) is 0 Å². The second-order valence-electron chi connectivity index (χ2n) is 3.20. The summed E-state index contributed by atoms with van der Waals surface area (Å²) in [5, 5.41) is 5.29.